The predicted octanol–water partition coefficient (Wildman–Crippen LogP) is 6.80. The number of benzene rings is 1. The second kappa shape index (κ2) is 13.2. The molecule has 3 heteroatoms. The van der Waals surface area contributed by atoms with Gasteiger partial charge < -0.3 is 4.74 Å². The summed E-state index contributed by atoms with van der Waals surface area (Å²) in [6, 6.07) is 10.8. The van der Waals surface area contributed by atoms with Crippen molar-refractivity contribution >= 4 is 17.4 Å². The highest BCUT2D eigenvalue weighted by atomic mass is 32.1. The van der Waals surface area contributed by atoms with Crippen LogP contribution in [0.15, 0.2) is 59.3 Å². The van der Waals surface area contributed by atoms with Crippen LogP contribution < -0.4 is 0 Å². The average Bonchev–Trinajstić information content (AvgIpc) is 3.20. The molecule has 1 heterocycles. The maximum absolute atomic E-state index is 5.82. The Kier molecular flexibility index (Phi) is 10.7. The average molecular weight is 422 g/mol. The molecule has 2 nitrogen and oxygen atoms in total. The van der Waals surface area contributed by atoms with Gasteiger partial charge >= 0.3 is 0 Å². The maximum atomic E-state index is 5.82. The van der Waals surface area contributed by atoms with Crippen LogP contribution in [0, 0.1) is 17.3 Å². The lowest BCUT2D eigenvalue weighted by Crippen LogP contribution is -2.24. The minimum atomic E-state index is 0.0512. The van der Waals surface area contributed by atoms with Crippen molar-refractivity contribution in [1.29, 1.82) is 0 Å². The van der Waals surface area contributed by atoms with Crippen LogP contribution in [0.4, 0.5) is 0 Å². The highest BCUT2D eigenvalue weighted by Crippen LogP contribution is 2.12. The van der Waals surface area contributed by atoms with Gasteiger partial charge in [0.1, 0.15) is 0 Å². The van der Waals surface area contributed by atoms with E-state index in [-0.39, 0.29) is 5.41 Å². The SMILES string of the molecule is CCCN(CC=CC#CC(C)(C)C)Cc1cccc(COCC=Cc2ccsc2)c1. The van der Waals surface area contributed by atoms with E-state index in [2.05, 4.69) is 104 Å². The first-order valence-corrected chi connectivity index (χ1v) is 11.6. The van der Waals surface area contributed by atoms with E-state index in [1.165, 1.54) is 16.7 Å². The third-order valence-corrected chi connectivity index (χ3v) is 4.99. The van der Waals surface area contributed by atoms with Gasteiger partial charge in [0.2, 0.25) is 0 Å². The fourth-order valence-corrected chi connectivity index (χ4v) is 3.57. The molecule has 30 heavy (non-hydrogen) atoms. The third kappa shape index (κ3) is 10.6. The molecular formula is C27H35NOS. The van der Waals surface area contributed by atoms with Gasteiger partial charge in [-0.25, -0.2) is 0 Å². The van der Waals surface area contributed by atoms with E-state index in [1.807, 2.05) is 6.08 Å². The second-order valence-corrected chi connectivity index (χ2v) is 9.23. The number of allylic oxidation sites excluding steroid dienone is 1. The molecule has 1 aromatic heterocycles. The standard InChI is InChI=1S/C27H35NOS/c1-5-16-28(17-8-6-7-15-27(2,3)4)21-25-11-9-12-26(20-25)22-29-18-10-13-24-14-19-30-23-24/h6,8-14,19-20,23H,5,16-18,21-22H2,1-4H3. The molecule has 160 valence electrons. The largest absolute Gasteiger partial charge is 0.373 e. The van der Waals surface area contributed by atoms with Gasteiger partial charge in [0.05, 0.1) is 13.2 Å². The summed E-state index contributed by atoms with van der Waals surface area (Å²) in [6.45, 7) is 12.8. The summed E-state index contributed by atoms with van der Waals surface area (Å²) in [4.78, 5) is 2.46. The van der Waals surface area contributed by atoms with Gasteiger partial charge in [0, 0.05) is 18.5 Å². The molecule has 0 amide bonds. The van der Waals surface area contributed by atoms with Gasteiger partial charge in [0.15, 0.2) is 0 Å². The van der Waals surface area contributed by atoms with Gasteiger partial charge in [0.25, 0.3) is 0 Å². The highest BCUT2D eigenvalue weighted by molar-refractivity contribution is 7.08. The van der Waals surface area contributed by atoms with Crippen molar-refractivity contribution in [2.75, 3.05) is 19.7 Å². The predicted molar refractivity (Wildman–Crippen MR) is 131 cm³/mol. The van der Waals surface area contributed by atoms with Crippen LogP contribution >= 0.6 is 11.3 Å². The summed E-state index contributed by atoms with van der Waals surface area (Å²) < 4.78 is 5.82. The van der Waals surface area contributed by atoms with Crippen molar-refractivity contribution in [2.24, 2.45) is 5.41 Å². The molecule has 0 saturated heterocycles. The summed E-state index contributed by atoms with van der Waals surface area (Å²) >= 11 is 1.71. The zero-order chi connectivity index (χ0) is 21.7. The Balaban J connectivity index is 1.83. The lowest BCUT2D eigenvalue weighted by molar-refractivity contribution is 0.149. The van der Waals surface area contributed by atoms with E-state index in [9.17, 15) is 0 Å². The van der Waals surface area contributed by atoms with Crippen molar-refractivity contribution in [3.63, 3.8) is 0 Å². The molecule has 0 saturated carbocycles. The van der Waals surface area contributed by atoms with Crippen LogP contribution in [-0.4, -0.2) is 24.6 Å². The molecule has 1 aromatic carbocycles. The van der Waals surface area contributed by atoms with E-state index in [0.717, 1.165) is 26.1 Å². The molecule has 2 aromatic rings. The number of rotatable bonds is 11. The second-order valence-electron chi connectivity index (χ2n) is 8.45. The molecule has 0 radical (unpaired) electrons. The minimum Gasteiger partial charge on any atom is -0.373 e. The maximum Gasteiger partial charge on any atom is 0.0721 e. The molecule has 0 bridgehead atoms. The zero-order valence-electron chi connectivity index (χ0n) is 18.9. The summed E-state index contributed by atoms with van der Waals surface area (Å²) in [5, 5.41) is 4.22. The molecule has 0 atom stereocenters. The molecule has 0 aliphatic rings. The lowest BCUT2D eigenvalue weighted by Gasteiger charge is -2.20. The van der Waals surface area contributed by atoms with Crippen LogP contribution in [0.1, 0.15) is 50.8 Å². The fourth-order valence-electron chi connectivity index (χ4n) is 2.94. The summed E-state index contributed by atoms with van der Waals surface area (Å²) in [7, 11) is 0. The summed E-state index contributed by atoms with van der Waals surface area (Å²) in [5.41, 5.74) is 3.84. The Morgan fingerprint density at radius 2 is 1.97 bits per heavy atom. The van der Waals surface area contributed by atoms with Crippen LogP contribution in [0.3, 0.4) is 0 Å². The van der Waals surface area contributed by atoms with E-state index >= 15 is 0 Å². The highest BCUT2D eigenvalue weighted by Gasteiger charge is 2.05. The Bertz CT molecular complexity index is 847. The van der Waals surface area contributed by atoms with Crippen molar-refractivity contribution < 1.29 is 4.74 Å². The van der Waals surface area contributed by atoms with Crippen molar-refractivity contribution in [2.45, 2.75) is 47.3 Å². The van der Waals surface area contributed by atoms with Crippen LogP contribution in [-0.2, 0) is 17.9 Å². The number of ether oxygens (including phenoxy) is 1. The lowest BCUT2D eigenvalue weighted by atomic mass is 9.98. The van der Waals surface area contributed by atoms with Gasteiger partial charge in [-0.1, -0.05) is 61.3 Å². The van der Waals surface area contributed by atoms with Crippen LogP contribution in [0.25, 0.3) is 6.08 Å². The summed E-state index contributed by atoms with van der Waals surface area (Å²) in [5.74, 6) is 6.41. The quantitative estimate of drug-likeness (QED) is 0.292. The Morgan fingerprint density at radius 3 is 2.70 bits per heavy atom. The molecule has 0 N–H and O–H groups in total. The Hall–Kier alpha value is -2.12. The zero-order valence-corrected chi connectivity index (χ0v) is 19.7. The van der Waals surface area contributed by atoms with E-state index in [1.54, 1.807) is 11.3 Å². The van der Waals surface area contributed by atoms with Gasteiger partial charge in [-0.15, -0.1) is 0 Å². The molecule has 0 unspecified atom stereocenters. The molecule has 0 spiro atoms. The molecule has 0 fully saturated rings. The van der Waals surface area contributed by atoms with Crippen molar-refractivity contribution in [3.8, 4) is 11.8 Å². The van der Waals surface area contributed by atoms with E-state index in [4.69, 9.17) is 4.74 Å². The first-order valence-electron chi connectivity index (χ1n) is 10.7. The first-order chi connectivity index (χ1) is 14.5. The monoisotopic (exact) mass is 421 g/mol. The van der Waals surface area contributed by atoms with Gasteiger partial charge in [-0.05, 0) is 73.3 Å². The van der Waals surface area contributed by atoms with E-state index in [0.29, 0.717) is 13.2 Å². The number of hydrogen-bond donors (Lipinski definition) is 0. The van der Waals surface area contributed by atoms with Gasteiger partial charge in [-0.3, -0.25) is 4.90 Å². The molecule has 2 rings (SSSR count). The number of hydrogen-bond acceptors (Lipinski definition) is 3. The normalized spacial score (nSPS) is 12.0. The smallest absolute Gasteiger partial charge is 0.0721 e. The number of nitrogens with zero attached hydrogens (tertiary/aromatic N) is 1. The first kappa shape index (κ1) is 24.2. The fraction of sp³-hybridized carbons (Fsp3) is 0.407. The van der Waals surface area contributed by atoms with Crippen LogP contribution in [0.5, 0.6) is 0 Å². The van der Waals surface area contributed by atoms with Gasteiger partial charge in [-0.2, -0.15) is 11.3 Å². The molecule has 0 aliphatic carbocycles. The Morgan fingerprint density at radius 1 is 1.13 bits per heavy atom. The minimum absolute atomic E-state index is 0.0512. The summed E-state index contributed by atoms with van der Waals surface area (Å²) in [6.07, 6.45) is 9.47. The third-order valence-electron chi connectivity index (χ3n) is 4.29. The molecule has 0 aliphatic heterocycles. The Labute approximate surface area is 187 Å². The van der Waals surface area contributed by atoms with Crippen LogP contribution in [0.2, 0.25) is 0 Å². The molecular weight excluding hydrogens is 386 g/mol. The van der Waals surface area contributed by atoms with E-state index < -0.39 is 0 Å². The number of thiophene rings is 1. The van der Waals surface area contributed by atoms with Crippen molar-refractivity contribution in [1.82, 2.24) is 4.90 Å². The van der Waals surface area contributed by atoms with Crippen molar-refractivity contribution in [3.05, 3.63) is 76.0 Å². The topological polar surface area (TPSA) is 12.5 Å².